The Balaban J connectivity index is 1.56. The fraction of sp³-hybridized carbons (Fsp3) is 0.353. The monoisotopic (exact) mass is 391 g/mol. The highest BCUT2D eigenvalue weighted by molar-refractivity contribution is 7.89. The lowest BCUT2D eigenvalue weighted by Crippen LogP contribution is -2.27. The van der Waals surface area contributed by atoms with Crippen molar-refractivity contribution in [2.45, 2.75) is 30.2 Å². The molecule has 1 saturated carbocycles. The first kappa shape index (κ1) is 17.8. The van der Waals surface area contributed by atoms with Crippen molar-refractivity contribution in [1.29, 1.82) is 0 Å². The highest BCUT2D eigenvalue weighted by Gasteiger charge is 2.31. The lowest BCUT2D eigenvalue weighted by atomic mass is 10.1. The predicted molar refractivity (Wildman–Crippen MR) is 93.5 cm³/mol. The van der Waals surface area contributed by atoms with Crippen LogP contribution in [0.2, 0.25) is 0 Å². The Hall–Kier alpha value is -2.59. The van der Waals surface area contributed by atoms with E-state index in [1.165, 1.54) is 19.2 Å². The largest absolute Gasteiger partial charge is 0.332 e. The normalized spacial score (nSPS) is 14.8. The first-order chi connectivity index (χ1) is 12.9. The Kier molecular flexibility index (Phi) is 4.31. The van der Waals surface area contributed by atoms with Crippen LogP contribution in [-0.4, -0.2) is 39.7 Å². The van der Waals surface area contributed by atoms with Gasteiger partial charge in [-0.2, -0.15) is 14.4 Å². The molecule has 10 heteroatoms. The molecule has 27 heavy (non-hydrogen) atoms. The summed E-state index contributed by atoms with van der Waals surface area (Å²) in [4.78, 5) is 4.34. The van der Waals surface area contributed by atoms with Crippen LogP contribution in [0, 0.1) is 5.82 Å². The summed E-state index contributed by atoms with van der Waals surface area (Å²) < 4.78 is 46.4. The molecule has 0 N–H and O–H groups in total. The maximum Gasteiger partial charge on any atom is 0.276 e. The van der Waals surface area contributed by atoms with Crippen LogP contribution >= 0.6 is 0 Å². The molecule has 0 amide bonds. The molecule has 3 aromatic rings. The fourth-order valence-corrected chi connectivity index (χ4v) is 4.02. The van der Waals surface area contributed by atoms with Gasteiger partial charge in [-0.25, -0.2) is 12.8 Å². The van der Waals surface area contributed by atoms with Gasteiger partial charge in [0.2, 0.25) is 10.0 Å². The number of benzene rings is 1. The zero-order chi connectivity index (χ0) is 19.2. The molecule has 0 unspecified atom stereocenters. The van der Waals surface area contributed by atoms with Crippen molar-refractivity contribution >= 4 is 10.0 Å². The zero-order valence-electron chi connectivity index (χ0n) is 14.8. The maximum absolute atomic E-state index is 13.0. The van der Waals surface area contributed by atoms with Gasteiger partial charge in [0.05, 0.1) is 17.6 Å². The highest BCUT2D eigenvalue weighted by Crippen LogP contribution is 2.43. The third-order valence-corrected chi connectivity index (χ3v) is 6.36. The van der Waals surface area contributed by atoms with Crippen LogP contribution in [0.25, 0.3) is 11.6 Å². The number of sulfonamides is 1. The molecular weight excluding hydrogens is 373 g/mol. The number of hydrogen-bond acceptors (Lipinski definition) is 6. The van der Waals surface area contributed by atoms with Crippen LogP contribution in [-0.2, 0) is 23.6 Å². The second-order valence-electron chi connectivity index (χ2n) is 6.58. The summed E-state index contributed by atoms with van der Waals surface area (Å²) in [5.41, 5.74) is 1.83. The van der Waals surface area contributed by atoms with Crippen molar-refractivity contribution in [3.8, 4) is 11.6 Å². The molecular formula is C17H18FN5O3S. The lowest BCUT2D eigenvalue weighted by molar-refractivity contribution is 0.400. The number of aromatic nitrogens is 4. The molecule has 1 aliphatic rings. The van der Waals surface area contributed by atoms with E-state index in [-0.39, 0.29) is 17.3 Å². The Labute approximate surface area is 155 Å². The summed E-state index contributed by atoms with van der Waals surface area (Å²) in [7, 11) is -0.578. The van der Waals surface area contributed by atoms with E-state index in [4.69, 9.17) is 4.52 Å². The molecule has 4 rings (SSSR count). The molecule has 1 aromatic carbocycles. The van der Waals surface area contributed by atoms with Crippen molar-refractivity contribution in [2.24, 2.45) is 7.05 Å². The molecule has 0 atom stereocenters. The van der Waals surface area contributed by atoms with Gasteiger partial charge in [0.15, 0.2) is 5.82 Å². The van der Waals surface area contributed by atoms with E-state index in [1.807, 2.05) is 6.20 Å². The molecule has 2 aromatic heterocycles. The SMILES string of the molecule is CN(Cc1noc(-c2c(C3CC3)cnn2C)n1)S(=O)(=O)c1ccc(F)cc1. The molecule has 0 aliphatic heterocycles. The minimum Gasteiger partial charge on any atom is -0.332 e. The second-order valence-corrected chi connectivity index (χ2v) is 8.62. The van der Waals surface area contributed by atoms with E-state index in [9.17, 15) is 12.8 Å². The Morgan fingerprint density at radius 2 is 2.00 bits per heavy atom. The average molecular weight is 391 g/mol. The van der Waals surface area contributed by atoms with E-state index < -0.39 is 15.8 Å². The van der Waals surface area contributed by atoms with Gasteiger partial charge < -0.3 is 4.52 Å². The molecule has 0 bridgehead atoms. The highest BCUT2D eigenvalue weighted by atomic mass is 32.2. The Morgan fingerprint density at radius 3 is 2.67 bits per heavy atom. The van der Waals surface area contributed by atoms with Crippen molar-refractivity contribution in [1.82, 2.24) is 24.2 Å². The first-order valence-electron chi connectivity index (χ1n) is 8.43. The van der Waals surface area contributed by atoms with E-state index in [2.05, 4.69) is 15.2 Å². The smallest absolute Gasteiger partial charge is 0.276 e. The minimum absolute atomic E-state index is 0.00206. The van der Waals surface area contributed by atoms with Crippen LogP contribution in [0.15, 0.2) is 39.9 Å². The van der Waals surface area contributed by atoms with Crippen molar-refractivity contribution in [3.05, 3.63) is 47.7 Å². The van der Waals surface area contributed by atoms with Gasteiger partial charge >= 0.3 is 0 Å². The molecule has 1 fully saturated rings. The standard InChI is InChI=1S/C17H18FN5O3S/c1-22(27(24,25)13-7-5-12(18)6-8-13)10-15-20-17(26-21-15)16-14(11-3-4-11)9-19-23(16)2/h5-9,11H,3-4,10H2,1-2H3. The Bertz CT molecular complexity index is 1070. The fourth-order valence-electron chi connectivity index (χ4n) is 2.89. The van der Waals surface area contributed by atoms with Gasteiger partial charge in [-0.1, -0.05) is 5.16 Å². The van der Waals surface area contributed by atoms with Gasteiger partial charge in [0.1, 0.15) is 11.5 Å². The molecule has 0 spiro atoms. The van der Waals surface area contributed by atoms with Crippen molar-refractivity contribution in [3.63, 3.8) is 0 Å². The number of aryl methyl sites for hydroxylation is 1. The molecule has 0 saturated heterocycles. The number of hydrogen-bond donors (Lipinski definition) is 0. The topological polar surface area (TPSA) is 94.1 Å². The first-order valence-corrected chi connectivity index (χ1v) is 9.87. The minimum atomic E-state index is -3.79. The predicted octanol–water partition coefficient (Wildman–Crippen LogP) is 2.31. The second kappa shape index (κ2) is 6.54. The molecule has 0 radical (unpaired) electrons. The zero-order valence-corrected chi connectivity index (χ0v) is 15.6. The van der Waals surface area contributed by atoms with E-state index in [1.54, 1.807) is 11.7 Å². The number of rotatable bonds is 6. The molecule has 1 aliphatic carbocycles. The third-order valence-electron chi connectivity index (χ3n) is 4.54. The Morgan fingerprint density at radius 1 is 1.30 bits per heavy atom. The van der Waals surface area contributed by atoms with E-state index >= 15 is 0 Å². The van der Waals surface area contributed by atoms with Crippen molar-refractivity contribution in [2.75, 3.05) is 7.05 Å². The summed E-state index contributed by atoms with van der Waals surface area (Å²) >= 11 is 0. The summed E-state index contributed by atoms with van der Waals surface area (Å²) in [5.74, 6) is 0.522. The van der Waals surface area contributed by atoms with Gasteiger partial charge in [-0.05, 0) is 43.0 Å². The van der Waals surface area contributed by atoms with Gasteiger partial charge in [0, 0.05) is 19.7 Å². The summed E-state index contributed by atoms with van der Waals surface area (Å²) in [6.07, 6.45) is 4.03. The van der Waals surface area contributed by atoms with Gasteiger partial charge in [0.25, 0.3) is 5.89 Å². The molecule has 142 valence electrons. The van der Waals surface area contributed by atoms with Crippen LogP contribution in [0.4, 0.5) is 4.39 Å². The van der Waals surface area contributed by atoms with Crippen LogP contribution in [0.1, 0.15) is 30.1 Å². The maximum atomic E-state index is 13.0. The summed E-state index contributed by atoms with van der Waals surface area (Å²) in [5, 5.41) is 8.16. The quantitative estimate of drug-likeness (QED) is 0.640. The van der Waals surface area contributed by atoms with Crippen LogP contribution in [0.5, 0.6) is 0 Å². The average Bonchev–Trinajstić information content (AvgIpc) is 3.26. The number of nitrogens with zero attached hydrogens (tertiary/aromatic N) is 5. The third kappa shape index (κ3) is 3.37. The number of halogens is 1. The van der Waals surface area contributed by atoms with E-state index in [0.29, 0.717) is 11.8 Å². The summed E-state index contributed by atoms with van der Waals surface area (Å²) in [6.45, 7) is -0.0696. The van der Waals surface area contributed by atoms with Crippen LogP contribution in [0.3, 0.4) is 0 Å². The van der Waals surface area contributed by atoms with E-state index in [0.717, 1.165) is 40.5 Å². The molecule has 8 nitrogen and oxygen atoms in total. The molecule has 2 heterocycles. The van der Waals surface area contributed by atoms with Gasteiger partial charge in [-0.15, -0.1) is 0 Å². The summed E-state index contributed by atoms with van der Waals surface area (Å²) in [6, 6.07) is 4.66. The van der Waals surface area contributed by atoms with Crippen molar-refractivity contribution < 1.29 is 17.3 Å². The van der Waals surface area contributed by atoms with Crippen LogP contribution < -0.4 is 0 Å². The lowest BCUT2D eigenvalue weighted by Gasteiger charge is -2.15. The van der Waals surface area contributed by atoms with Gasteiger partial charge in [-0.3, -0.25) is 4.68 Å².